The van der Waals surface area contributed by atoms with Crippen LogP contribution in [0.1, 0.15) is 30.0 Å². The summed E-state index contributed by atoms with van der Waals surface area (Å²) in [5.41, 5.74) is 12.0. The summed E-state index contributed by atoms with van der Waals surface area (Å²) < 4.78 is 0. The zero-order valence-electron chi connectivity index (χ0n) is 12.7. The molecule has 0 aromatic heterocycles. The molecule has 2 heteroatoms. The summed E-state index contributed by atoms with van der Waals surface area (Å²) >= 11 is 0. The van der Waals surface area contributed by atoms with Gasteiger partial charge >= 0.3 is 0 Å². The molecule has 2 aromatic rings. The molecule has 0 amide bonds. The fourth-order valence-corrected chi connectivity index (χ4v) is 2.41. The molecular weight excluding hydrogens is 244 g/mol. The van der Waals surface area contributed by atoms with Crippen LogP contribution in [0, 0.1) is 13.8 Å². The lowest BCUT2D eigenvalue weighted by Gasteiger charge is -2.25. The number of nitrogens with two attached hydrogens (primary N) is 1. The van der Waals surface area contributed by atoms with Crippen LogP contribution in [-0.4, -0.2) is 6.54 Å². The van der Waals surface area contributed by atoms with E-state index >= 15 is 0 Å². The van der Waals surface area contributed by atoms with Crippen molar-refractivity contribution < 1.29 is 0 Å². The standard InChI is InChI=1S/C18H24N2/c1-4-10-20(18-7-5-6-17(19)12-18)13-16-9-8-14(2)15(3)11-16/h5-9,11-12H,4,10,13,19H2,1-3H3. The van der Waals surface area contributed by atoms with Crippen molar-refractivity contribution in [2.24, 2.45) is 0 Å². The molecule has 0 saturated heterocycles. The van der Waals surface area contributed by atoms with Gasteiger partial charge in [-0.3, -0.25) is 0 Å². The molecule has 0 aliphatic rings. The fourth-order valence-electron chi connectivity index (χ4n) is 2.41. The minimum atomic E-state index is 0.823. The van der Waals surface area contributed by atoms with E-state index in [4.69, 9.17) is 5.73 Å². The zero-order valence-corrected chi connectivity index (χ0v) is 12.7. The van der Waals surface area contributed by atoms with E-state index < -0.39 is 0 Å². The number of anilines is 2. The molecule has 2 rings (SSSR count). The van der Waals surface area contributed by atoms with Gasteiger partial charge in [0, 0.05) is 24.5 Å². The quantitative estimate of drug-likeness (QED) is 0.819. The molecule has 0 bridgehead atoms. The molecular formula is C18H24N2. The van der Waals surface area contributed by atoms with Crippen LogP contribution in [-0.2, 0) is 6.54 Å². The first kappa shape index (κ1) is 14.4. The average Bonchev–Trinajstić information content (AvgIpc) is 2.42. The Kier molecular flexibility index (Phi) is 4.67. The van der Waals surface area contributed by atoms with Gasteiger partial charge in [-0.05, 0) is 55.2 Å². The third-order valence-electron chi connectivity index (χ3n) is 3.67. The number of aryl methyl sites for hydroxylation is 2. The molecule has 0 atom stereocenters. The summed E-state index contributed by atoms with van der Waals surface area (Å²) in [7, 11) is 0. The number of hydrogen-bond acceptors (Lipinski definition) is 2. The maximum atomic E-state index is 5.90. The molecule has 106 valence electrons. The molecule has 20 heavy (non-hydrogen) atoms. The highest BCUT2D eigenvalue weighted by Gasteiger charge is 2.07. The van der Waals surface area contributed by atoms with Crippen LogP contribution in [0.2, 0.25) is 0 Å². The third-order valence-corrected chi connectivity index (χ3v) is 3.67. The van der Waals surface area contributed by atoms with Crippen molar-refractivity contribution in [1.82, 2.24) is 0 Å². The summed E-state index contributed by atoms with van der Waals surface area (Å²) in [6.45, 7) is 8.50. The highest BCUT2D eigenvalue weighted by atomic mass is 15.1. The van der Waals surface area contributed by atoms with Gasteiger partial charge in [-0.2, -0.15) is 0 Å². The second-order valence-electron chi connectivity index (χ2n) is 5.44. The van der Waals surface area contributed by atoms with Crippen LogP contribution in [0.5, 0.6) is 0 Å². The van der Waals surface area contributed by atoms with Crippen molar-refractivity contribution in [3.05, 3.63) is 59.2 Å². The van der Waals surface area contributed by atoms with Crippen LogP contribution in [0.3, 0.4) is 0 Å². The maximum Gasteiger partial charge on any atom is 0.0429 e. The van der Waals surface area contributed by atoms with Gasteiger partial charge in [0.05, 0.1) is 0 Å². The monoisotopic (exact) mass is 268 g/mol. The summed E-state index contributed by atoms with van der Waals surface area (Å²) in [6.07, 6.45) is 1.12. The summed E-state index contributed by atoms with van der Waals surface area (Å²) in [6, 6.07) is 14.8. The molecule has 0 spiro atoms. The number of nitrogens with zero attached hydrogens (tertiary/aromatic N) is 1. The maximum absolute atomic E-state index is 5.90. The van der Waals surface area contributed by atoms with Gasteiger partial charge in [-0.1, -0.05) is 31.2 Å². The van der Waals surface area contributed by atoms with E-state index in [1.54, 1.807) is 0 Å². The van der Waals surface area contributed by atoms with E-state index in [0.717, 1.165) is 25.2 Å². The smallest absolute Gasteiger partial charge is 0.0429 e. The van der Waals surface area contributed by atoms with E-state index in [1.165, 1.54) is 22.4 Å². The lowest BCUT2D eigenvalue weighted by molar-refractivity contribution is 0.767. The van der Waals surface area contributed by atoms with E-state index in [0.29, 0.717) is 0 Å². The van der Waals surface area contributed by atoms with Gasteiger partial charge in [0.1, 0.15) is 0 Å². The molecule has 0 aliphatic carbocycles. The van der Waals surface area contributed by atoms with Gasteiger partial charge in [0.2, 0.25) is 0 Å². The molecule has 0 saturated carbocycles. The molecule has 2 N–H and O–H groups in total. The highest BCUT2D eigenvalue weighted by molar-refractivity contribution is 5.56. The van der Waals surface area contributed by atoms with Crippen LogP contribution in [0.4, 0.5) is 11.4 Å². The molecule has 2 aromatic carbocycles. The number of rotatable bonds is 5. The van der Waals surface area contributed by atoms with Crippen molar-refractivity contribution in [2.75, 3.05) is 17.2 Å². The molecule has 0 unspecified atom stereocenters. The molecule has 0 radical (unpaired) electrons. The second kappa shape index (κ2) is 6.47. The minimum absolute atomic E-state index is 0.823. The topological polar surface area (TPSA) is 29.3 Å². The van der Waals surface area contributed by atoms with Gasteiger partial charge in [-0.25, -0.2) is 0 Å². The zero-order chi connectivity index (χ0) is 14.5. The van der Waals surface area contributed by atoms with Crippen molar-refractivity contribution in [3.8, 4) is 0 Å². The normalized spacial score (nSPS) is 10.6. The Balaban J connectivity index is 2.22. The van der Waals surface area contributed by atoms with Crippen molar-refractivity contribution >= 4 is 11.4 Å². The summed E-state index contributed by atoms with van der Waals surface area (Å²) in [5, 5.41) is 0. The average molecular weight is 268 g/mol. The van der Waals surface area contributed by atoms with Crippen molar-refractivity contribution in [2.45, 2.75) is 33.7 Å². The molecule has 2 nitrogen and oxygen atoms in total. The van der Waals surface area contributed by atoms with E-state index in [2.05, 4.69) is 56.0 Å². The number of benzene rings is 2. The number of hydrogen-bond donors (Lipinski definition) is 1. The van der Waals surface area contributed by atoms with Gasteiger partial charge < -0.3 is 10.6 Å². The second-order valence-corrected chi connectivity index (χ2v) is 5.44. The first-order valence-electron chi connectivity index (χ1n) is 7.26. The predicted octanol–water partition coefficient (Wildman–Crippen LogP) is 4.30. The third kappa shape index (κ3) is 3.53. The molecule has 0 aliphatic heterocycles. The number of nitrogen functional groups attached to an aromatic ring is 1. The summed E-state index contributed by atoms with van der Waals surface area (Å²) in [5.74, 6) is 0. The summed E-state index contributed by atoms with van der Waals surface area (Å²) in [4.78, 5) is 2.39. The largest absolute Gasteiger partial charge is 0.399 e. The van der Waals surface area contributed by atoms with E-state index in [-0.39, 0.29) is 0 Å². The Morgan fingerprint density at radius 2 is 1.80 bits per heavy atom. The van der Waals surface area contributed by atoms with E-state index in [9.17, 15) is 0 Å². The van der Waals surface area contributed by atoms with Crippen LogP contribution >= 0.6 is 0 Å². The lowest BCUT2D eigenvalue weighted by atomic mass is 10.1. The van der Waals surface area contributed by atoms with Gasteiger partial charge in [0.25, 0.3) is 0 Å². The van der Waals surface area contributed by atoms with Crippen molar-refractivity contribution in [3.63, 3.8) is 0 Å². The SMILES string of the molecule is CCCN(Cc1ccc(C)c(C)c1)c1cccc(N)c1. The predicted molar refractivity (Wildman–Crippen MR) is 88.1 cm³/mol. The molecule has 0 heterocycles. The van der Waals surface area contributed by atoms with Crippen molar-refractivity contribution in [1.29, 1.82) is 0 Å². The Hall–Kier alpha value is -1.96. The highest BCUT2D eigenvalue weighted by Crippen LogP contribution is 2.21. The Bertz CT molecular complexity index is 575. The first-order chi connectivity index (χ1) is 9.60. The fraction of sp³-hybridized carbons (Fsp3) is 0.333. The molecule has 0 fully saturated rings. The first-order valence-corrected chi connectivity index (χ1v) is 7.26. The minimum Gasteiger partial charge on any atom is -0.399 e. The van der Waals surface area contributed by atoms with Gasteiger partial charge in [0.15, 0.2) is 0 Å². The van der Waals surface area contributed by atoms with Crippen LogP contribution in [0.25, 0.3) is 0 Å². The van der Waals surface area contributed by atoms with Crippen LogP contribution < -0.4 is 10.6 Å². The van der Waals surface area contributed by atoms with Crippen LogP contribution in [0.15, 0.2) is 42.5 Å². The lowest BCUT2D eigenvalue weighted by Crippen LogP contribution is -2.23. The van der Waals surface area contributed by atoms with E-state index in [1.807, 2.05) is 12.1 Å². The Labute approximate surface area is 122 Å². The Morgan fingerprint density at radius 3 is 2.45 bits per heavy atom. The van der Waals surface area contributed by atoms with Gasteiger partial charge in [-0.15, -0.1) is 0 Å². The Morgan fingerprint density at radius 1 is 1.00 bits per heavy atom.